The maximum atomic E-state index is 11.3. The summed E-state index contributed by atoms with van der Waals surface area (Å²) in [7, 11) is 1.59. The van der Waals surface area contributed by atoms with Gasteiger partial charge in [-0.25, -0.2) is 4.57 Å². The van der Waals surface area contributed by atoms with E-state index in [1.54, 1.807) is 0 Å². The molecule has 0 aliphatic carbocycles. The predicted octanol–water partition coefficient (Wildman–Crippen LogP) is 5.73. The fraction of sp³-hybridized carbons (Fsp3) is 0.958. The number of nitrogens with zero attached hydrogens (tertiary/aromatic N) is 1. The monoisotopic (exact) mass is 535 g/mol. The number of rotatable bonds is 19. The minimum atomic E-state index is -5.19. The Hall–Kier alpha value is -0.670. The van der Waals surface area contributed by atoms with E-state index in [0.29, 0.717) is 17.4 Å². The van der Waals surface area contributed by atoms with Gasteiger partial charge in [0.05, 0.1) is 21.1 Å². The molecule has 7 nitrogen and oxygen atoms in total. The number of phosphoric acid groups is 1. The van der Waals surface area contributed by atoms with Crippen molar-refractivity contribution in [2.75, 3.05) is 27.7 Å². The lowest BCUT2D eigenvalue weighted by molar-refractivity contribution is -0.876. The smallest absolute Gasteiger partial charge is 0.470 e. The van der Waals surface area contributed by atoms with Gasteiger partial charge in [0.15, 0.2) is 0 Å². The van der Waals surface area contributed by atoms with E-state index in [1.165, 1.54) is 77.0 Å². The van der Waals surface area contributed by atoms with Crippen LogP contribution in [0.4, 0.5) is 13.2 Å². The van der Waals surface area contributed by atoms with E-state index in [0.717, 1.165) is 12.8 Å². The van der Waals surface area contributed by atoms with Gasteiger partial charge in [0.2, 0.25) is 0 Å². The topological polar surface area (TPSA) is 107 Å². The van der Waals surface area contributed by atoms with E-state index >= 15 is 0 Å². The van der Waals surface area contributed by atoms with Crippen LogP contribution in [0.2, 0.25) is 0 Å². The first-order chi connectivity index (χ1) is 15.9. The quantitative estimate of drug-likeness (QED) is 0.124. The molecule has 0 amide bonds. The SMILES string of the molecule is CCCCCCCCCCCCCCCCC(C)(C[N+](C)(C)C)OP(=O)(O)O.O=C([O-])C(F)(F)F. The van der Waals surface area contributed by atoms with Gasteiger partial charge >= 0.3 is 14.0 Å². The summed E-state index contributed by atoms with van der Waals surface area (Å²) in [5.74, 6) is -3.01. The molecule has 2 N–H and O–H groups in total. The van der Waals surface area contributed by atoms with Gasteiger partial charge in [-0.1, -0.05) is 96.8 Å². The minimum absolute atomic E-state index is 0.580. The number of unbranched alkanes of at least 4 members (excludes halogenated alkanes) is 13. The normalized spacial score (nSPS) is 14.2. The number of alkyl halides is 3. The third kappa shape index (κ3) is 27.8. The largest absolute Gasteiger partial charge is 0.542 e. The van der Waals surface area contributed by atoms with Crippen LogP contribution in [0.1, 0.15) is 110 Å². The molecule has 35 heavy (non-hydrogen) atoms. The van der Waals surface area contributed by atoms with Crippen molar-refractivity contribution in [2.45, 2.75) is 122 Å². The van der Waals surface area contributed by atoms with Crippen LogP contribution in [-0.2, 0) is 13.9 Å². The van der Waals surface area contributed by atoms with Crippen molar-refractivity contribution in [3.05, 3.63) is 0 Å². The van der Waals surface area contributed by atoms with Gasteiger partial charge in [-0.05, 0) is 13.3 Å². The van der Waals surface area contributed by atoms with Gasteiger partial charge in [0, 0.05) is 0 Å². The first-order valence-electron chi connectivity index (χ1n) is 12.8. The summed E-state index contributed by atoms with van der Waals surface area (Å²) < 4.78 is 48.7. The molecule has 0 aromatic carbocycles. The summed E-state index contributed by atoms with van der Waals surface area (Å²) in [5.41, 5.74) is -0.783. The van der Waals surface area contributed by atoms with Crippen molar-refractivity contribution in [2.24, 2.45) is 0 Å². The summed E-state index contributed by atoms with van der Waals surface area (Å²) in [6.07, 6.45) is 13.8. The van der Waals surface area contributed by atoms with Crippen molar-refractivity contribution in [3.8, 4) is 0 Å². The number of aliphatic carboxylic acids is 1. The molecule has 0 saturated carbocycles. The first kappa shape index (κ1) is 36.5. The molecule has 0 bridgehead atoms. The average Bonchev–Trinajstić information content (AvgIpc) is 2.65. The zero-order valence-corrected chi connectivity index (χ0v) is 23.3. The summed E-state index contributed by atoms with van der Waals surface area (Å²) in [5, 5.41) is 8.78. The van der Waals surface area contributed by atoms with E-state index < -0.39 is 25.6 Å². The Kier molecular flexibility index (Phi) is 19.3. The molecule has 0 aliphatic rings. The zero-order valence-electron chi connectivity index (χ0n) is 22.4. The van der Waals surface area contributed by atoms with Crippen molar-refractivity contribution < 1.29 is 46.4 Å². The summed E-state index contributed by atoms with van der Waals surface area (Å²) in [6.45, 7) is 4.67. The number of carboxylic acid groups (broad SMARTS) is 1. The lowest BCUT2D eigenvalue weighted by Gasteiger charge is -2.36. The van der Waals surface area contributed by atoms with Gasteiger partial charge in [0.25, 0.3) is 0 Å². The number of halogens is 3. The Morgan fingerprint density at radius 1 is 0.829 bits per heavy atom. The number of carboxylic acids is 1. The molecular formula is C24H49F3NO6P. The second-order valence-electron chi connectivity index (χ2n) is 10.6. The molecular weight excluding hydrogens is 486 g/mol. The zero-order chi connectivity index (χ0) is 27.6. The van der Waals surface area contributed by atoms with E-state index in [4.69, 9.17) is 14.4 Å². The number of quaternary nitrogens is 1. The third-order valence-electron chi connectivity index (χ3n) is 5.44. The highest BCUT2D eigenvalue weighted by molar-refractivity contribution is 7.46. The number of carbonyl (C=O) groups excluding carboxylic acids is 1. The number of hydrogen-bond donors (Lipinski definition) is 2. The molecule has 11 heteroatoms. The van der Waals surface area contributed by atoms with Crippen LogP contribution in [0.5, 0.6) is 0 Å². The average molecular weight is 536 g/mol. The molecule has 1 atom stereocenters. The van der Waals surface area contributed by atoms with Gasteiger partial charge in [-0.2, -0.15) is 13.2 Å². The first-order valence-corrected chi connectivity index (χ1v) is 14.3. The van der Waals surface area contributed by atoms with E-state index in [2.05, 4.69) is 6.92 Å². The van der Waals surface area contributed by atoms with Crippen LogP contribution in [-0.4, -0.2) is 59.7 Å². The van der Waals surface area contributed by atoms with Crippen molar-refractivity contribution in [1.29, 1.82) is 0 Å². The standard InChI is InChI=1S/C22H48NO4P.C2HF3O2/c1-6-7-8-9-10-11-12-13-14-15-16-17-18-19-20-22(2,21-23(3,4)5)27-28(24,25)26;3-2(4,5)1(6)7/h6-21H2,1-5H3,(H-,24,25,26);(H,6,7). The van der Waals surface area contributed by atoms with E-state index in [-0.39, 0.29) is 0 Å². The lowest BCUT2D eigenvalue weighted by atomic mass is 9.96. The minimum Gasteiger partial charge on any atom is -0.542 e. The Bertz CT molecular complexity index is 593. The Morgan fingerprint density at radius 2 is 1.14 bits per heavy atom. The molecule has 0 radical (unpaired) electrons. The highest BCUT2D eigenvalue weighted by Crippen LogP contribution is 2.43. The Balaban J connectivity index is 0. The number of hydrogen-bond acceptors (Lipinski definition) is 4. The molecule has 0 spiro atoms. The van der Waals surface area contributed by atoms with Crippen LogP contribution in [0, 0.1) is 0 Å². The molecule has 212 valence electrons. The number of phosphoric ester groups is 1. The van der Waals surface area contributed by atoms with Gasteiger partial charge in [0.1, 0.15) is 18.1 Å². The molecule has 0 aliphatic heterocycles. The molecule has 0 aromatic heterocycles. The summed E-state index contributed by atoms with van der Waals surface area (Å²) >= 11 is 0. The van der Waals surface area contributed by atoms with E-state index in [9.17, 15) is 27.5 Å². The molecule has 0 aromatic rings. The Labute approximate surface area is 210 Å². The maximum absolute atomic E-state index is 11.3. The maximum Gasteiger partial charge on any atom is 0.470 e. The predicted molar refractivity (Wildman–Crippen MR) is 130 cm³/mol. The van der Waals surface area contributed by atoms with E-state index in [1.807, 2.05) is 28.1 Å². The van der Waals surface area contributed by atoms with Gasteiger partial charge < -0.3 is 24.2 Å². The molecule has 0 saturated heterocycles. The highest BCUT2D eigenvalue weighted by atomic mass is 31.2. The van der Waals surface area contributed by atoms with Crippen LogP contribution < -0.4 is 5.11 Å². The van der Waals surface area contributed by atoms with Crippen LogP contribution in [0.25, 0.3) is 0 Å². The summed E-state index contributed by atoms with van der Waals surface area (Å²) in [4.78, 5) is 27.3. The third-order valence-corrected chi connectivity index (χ3v) is 6.12. The van der Waals surface area contributed by atoms with Crippen LogP contribution in [0.3, 0.4) is 0 Å². The summed E-state index contributed by atoms with van der Waals surface area (Å²) in [6, 6.07) is 0. The molecule has 1 unspecified atom stereocenters. The second kappa shape index (κ2) is 18.6. The fourth-order valence-electron chi connectivity index (χ4n) is 4.14. The van der Waals surface area contributed by atoms with Crippen LogP contribution in [0.15, 0.2) is 0 Å². The fourth-order valence-corrected chi connectivity index (χ4v) is 4.86. The Morgan fingerprint density at radius 3 is 1.40 bits per heavy atom. The number of carbonyl (C=O) groups is 1. The molecule has 0 rings (SSSR count). The van der Waals surface area contributed by atoms with Gasteiger partial charge in [-0.15, -0.1) is 0 Å². The van der Waals surface area contributed by atoms with Crippen molar-refractivity contribution >= 4 is 13.8 Å². The molecule has 0 heterocycles. The highest BCUT2D eigenvalue weighted by Gasteiger charge is 2.37. The van der Waals surface area contributed by atoms with Gasteiger partial charge in [-0.3, -0.25) is 4.52 Å². The van der Waals surface area contributed by atoms with Crippen molar-refractivity contribution in [1.82, 2.24) is 0 Å². The second-order valence-corrected chi connectivity index (χ2v) is 11.8. The van der Waals surface area contributed by atoms with Crippen molar-refractivity contribution in [3.63, 3.8) is 0 Å². The molecule has 0 fully saturated rings. The van der Waals surface area contributed by atoms with Crippen LogP contribution >= 0.6 is 7.82 Å². The lowest BCUT2D eigenvalue weighted by Crippen LogP contribution is -2.48. The number of likely N-dealkylation sites (N-methyl/N-ethyl adjacent to an activating group) is 1.